The highest BCUT2D eigenvalue weighted by Gasteiger charge is 2.21. The minimum Gasteiger partial charge on any atom is -0.353 e. The topological polar surface area (TPSA) is 45.2 Å². The van der Waals surface area contributed by atoms with Crippen molar-refractivity contribution in [3.8, 4) is 0 Å². The zero-order valence-corrected chi connectivity index (χ0v) is 15.2. The Morgan fingerprint density at radius 2 is 2.04 bits per heavy atom. The van der Waals surface area contributed by atoms with E-state index in [-0.39, 0.29) is 5.91 Å². The van der Waals surface area contributed by atoms with Crippen molar-refractivity contribution in [2.45, 2.75) is 45.7 Å². The summed E-state index contributed by atoms with van der Waals surface area (Å²) in [6, 6.07) is 10.7. The second-order valence-corrected chi connectivity index (χ2v) is 7.09. The first-order valence-electron chi connectivity index (χ1n) is 9.07. The molecule has 2 aromatic rings. The van der Waals surface area contributed by atoms with Crippen LogP contribution in [-0.4, -0.2) is 34.9 Å². The fraction of sp³-hybridized carbons (Fsp3) is 0.429. The molecule has 0 aliphatic carbocycles. The SMILES string of the molecule is Cc1ccc(C)c(CC(=O)NC2CCN(Cc3cccnc3)CC2)c1. The molecule has 3 rings (SSSR count). The van der Waals surface area contributed by atoms with Gasteiger partial charge in [0, 0.05) is 38.1 Å². The van der Waals surface area contributed by atoms with Gasteiger partial charge in [-0.25, -0.2) is 0 Å². The fourth-order valence-corrected chi connectivity index (χ4v) is 3.43. The van der Waals surface area contributed by atoms with Crippen LogP contribution in [0.1, 0.15) is 35.1 Å². The van der Waals surface area contributed by atoms with Gasteiger partial charge in [0.15, 0.2) is 0 Å². The molecule has 1 aliphatic heterocycles. The number of rotatable bonds is 5. The van der Waals surface area contributed by atoms with E-state index in [1.54, 1.807) is 6.20 Å². The van der Waals surface area contributed by atoms with Crippen molar-refractivity contribution < 1.29 is 4.79 Å². The van der Waals surface area contributed by atoms with Crippen molar-refractivity contribution in [1.82, 2.24) is 15.2 Å². The number of aryl methyl sites for hydroxylation is 2. The molecule has 0 atom stereocenters. The maximum atomic E-state index is 12.4. The zero-order chi connectivity index (χ0) is 17.6. The lowest BCUT2D eigenvalue weighted by Gasteiger charge is -2.32. The molecule has 1 aromatic carbocycles. The van der Waals surface area contributed by atoms with Crippen molar-refractivity contribution in [1.29, 1.82) is 0 Å². The van der Waals surface area contributed by atoms with E-state index in [0.717, 1.165) is 38.0 Å². The van der Waals surface area contributed by atoms with Gasteiger partial charge >= 0.3 is 0 Å². The summed E-state index contributed by atoms with van der Waals surface area (Å²) in [5.41, 5.74) is 4.77. The number of piperidine rings is 1. The second kappa shape index (κ2) is 8.26. The molecule has 1 N–H and O–H groups in total. The smallest absolute Gasteiger partial charge is 0.224 e. The van der Waals surface area contributed by atoms with E-state index in [9.17, 15) is 4.79 Å². The summed E-state index contributed by atoms with van der Waals surface area (Å²) in [5, 5.41) is 3.22. The van der Waals surface area contributed by atoms with Gasteiger partial charge in [-0.3, -0.25) is 14.7 Å². The van der Waals surface area contributed by atoms with Crippen LogP contribution in [-0.2, 0) is 17.8 Å². The van der Waals surface area contributed by atoms with E-state index < -0.39 is 0 Å². The van der Waals surface area contributed by atoms with Gasteiger partial charge in [-0.1, -0.05) is 29.8 Å². The average molecular weight is 337 g/mol. The summed E-state index contributed by atoms with van der Waals surface area (Å²) < 4.78 is 0. The first-order valence-corrected chi connectivity index (χ1v) is 9.07. The van der Waals surface area contributed by atoms with Crippen LogP contribution >= 0.6 is 0 Å². The quantitative estimate of drug-likeness (QED) is 0.912. The number of nitrogens with zero attached hydrogens (tertiary/aromatic N) is 2. The predicted octanol–water partition coefficient (Wildman–Crippen LogP) is 3.02. The third-order valence-electron chi connectivity index (χ3n) is 4.94. The molecule has 0 bridgehead atoms. The first kappa shape index (κ1) is 17.6. The molecule has 1 fully saturated rings. The highest BCUT2D eigenvalue weighted by molar-refractivity contribution is 5.79. The van der Waals surface area contributed by atoms with Crippen LogP contribution in [0, 0.1) is 13.8 Å². The first-order chi connectivity index (χ1) is 12.1. The van der Waals surface area contributed by atoms with E-state index in [1.807, 2.05) is 12.3 Å². The van der Waals surface area contributed by atoms with Crippen LogP contribution in [0.25, 0.3) is 0 Å². The number of benzene rings is 1. The van der Waals surface area contributed by atoms with Crippen molar-refractivity contribution in [2.24, 2.45) is 0 Å². The molecule has 1 aromatic heterocycles. The van der Waals surface area contributed by atoms with E-state index in [1.165, 1.54) is 16.7 Å². The molecule has 0 saturated carbocycles. The Morgan fingerprint density at radius 1 is 1.24 bits per heavy atom. The van der Waals surface area contributed by atoms with Crippen LogP contribution < -0.4 is 5.32 Å². The van der Waals surface area contributed by atoms with Gasteiger partial charge in [-0.05, 0) is 49.4 Å². The zero-order valence-electron chi connectivity index (χ0n) is 15.2. The van der Waals surface area contributed by atoms with Crippen LogP contribution in [0.15, 0.2) is 42.7 Å². The summed E-state index contributed by atoms with van der Waals surface area (Å²) in [7, 11) is 0. The van der Waals surface area contributed by atoms with Gasteiger partial charge in [0.25, 0.3) is 0 Å². The third kappa shape index (κ3) is 5.13. The lowest BCUT2D eigenvalue weighted by Crippen LogP contribution is -2.44. The highest BCUT2D eigenvalue weighted by atomic mass is 16.1. The predicted molar refractivity (Wildman–Crippen MR) is 100 cm³/mol. The monoisotopic (exact) mass is 337 g/mol. The van der Waals surface area contributed by atoms with Crippen molar-refractivity contribution in [3.63, 3.8) is 0 Å². The third-order valence-corrected chi connectivity index (χ3v) is 4.94. The fourth-order valence-electron chi connectivity index (χ4n) is 3.43. The maximum absolute atomic E-state index is 12.4. The molecule has 1 amide bonds. The normalized spacial score (nSPS) is 15.9. The summed E-state index contributed by atoms with van der Waals surface area (Å²) in [5.74, 6) is 0.138. The van der Waals surface area contributed by atoms with Crippen molar-refractivity contribution in [2.75, 3.05) is 13.1 Å². The summed E-state index contributed by atoms with van der Waals surface area (Å²) in [6.07, 6.45) is 6.24. The number of carbonyl (C=O) groups is 1. The van der Waals surface area contributed by atoms with E-state index in [2.05, 4.69) is 53.3 Å². The number of pyridine rings is 1. The van der Waals surface area contributed by atoms with Crippen LogP contribution in [0.3, 0.4) is 0 Å². The molecule has 0 radical (unpaired) electrons. The molecule has 1 aliphatic rings. The Bertz CT molecular complexity index is 706. The van der Waals surface area contributed by atoms with Gasteiger partial charge < -0.3 is 5.32 Å². The highest BCUT2D eigenvalue weighted by Crippen LogP contribution is 2.15. The number of hydrogen-bond donors (Lipinski definition) is 1. The van der Waals surface area contributed by atoms with Crippen LogP contribution in [0.4, 0.5) is 0 Å². The summed E-state index contributed by atoms with van der Waals surface area (Å²) in [4.78, 5) is 19.0. The van der Waals surface area contributed by atoms with Crippen molar-refractivity contribution in [3.05, 3.63) is 65.0 Å². The minimum atomic E-state index is 0.138. The molecule has 4 heteroatoms. The molecular weight excluding hydrogens is 310 g/mol. The Kier molecular flexibility index (Phi) is 5.82. The van der Waals surface area contributed by atoms with Crippen molar-refractivity contribution >= 4 is 5.91 Å². The summed E-state index contributed by atoms with van der Waals surface area (Å²) >= 11 is 0. The Hall–Kier alpha value is -2.20. The molecule has 0 unspecified atom stereocenters. The van der Waals surface area contributed by atoms with Gasteiger partial charge in [0.05, 0.1) is 6.42 Å². The number of hydrogen-bond acceptors (Lipinski definition) is 3. The van der Waals surface area contributed by atoms with Gasteiger partial charge in [0.1, 0.15) is 0 Å². The Balaban J connectivity index is 1.45. The number of aromatic nitrogens is 1. The molecule has 25 heavy (non-hydrogen) atoms. The molecule has 4 nitrogen and oxygen atoms in total. The second-order valence-electron chi connectivity index (χ2n) is 7.09. The summed E-state index contributed by atoms with van der Waals surface area (Å²) in [6.45, 7) is 7.11. The van der Waals surface area contributed by atoms with E-state index in [4.69, 9.17) is 0 Å². The number of carbonyl (C=O) groups excluding carboxylic acids is 1. The van der Waals surface area contributed by atoms with Gasteiger partial charge in [-0.15, -0.1) is 0 Å². The van der Waals surface area contributed by atoms with Gasteiger partial charge in [-0.2, -0.15) is 0 Å². The number of likely N-dealkylation sites (tertiary alicyclic amines) is 1. The van der Waals surface area contributed by atoms with E-state index in [0.29, 0.717) is 12.5 Å². The average Bonchev–Trinajstić information content (AvgIpc) is 2.61. The van der Waals surface area contributed by atoms with Gasteiger partial charge in [0.2, 0.25) is 5.91 Å². The van der Waals surface area contributed by atoms with Crippen LogP contribution in [0.2, 0.25) is 0 Å². The molecule has 132 valence electrons. The lowest BCUT2D eigenvalue weighted by atomic mass is 10.0. The van der Waals surface area contributed by atoms with E-state index >= 15 is 0 Å². The maximum Gasteiger partial charge on any atom is 0.224 e. The molecule has 0 spiro atoms. The largest absolute Gasteiger partial charge is 0.353 e. The Morgan fingerprint density at radius 3 is 2.76 bits per heavy atom. The minimum absolute atomic E-state index is 0.138. The van der Waals surface area contributed by atoms with Crippen LogP contribution in [0.5, 0.6) is 0 Å². The lowest BCUT2D eigenvalue weighted by molar-refractivity contribution is -0.121. The molecule has 2 heterocycles. The number of amides is 1. The molecular formula is C21H27N3O. The number of nitrogens with one attached hydrogen (secondary N) is 1. The standard InChI is InChI=1S/C21H27N3O/c1-16-5-6-17(2)19(12-16)13-21(25)23-20-7-10-24(11-8-20)15-18-4-3-9-22-14-18/h3-6,9,12,14,20H,7-8,10-11,13,15H2,1-2H3,(H,23,25). The Labute approximate surface area is 150 Å². The molecule has 1 saturated heterocycles.